The lowest BCUT2D eigenvalue weighted by atomic mass is 10.0. The molecule has 11 heteroatoms. The molecule has 1 unspecified atom stereocenters. The van der Waals surface area contributed by atoms with E-state index in [4.69, 9.17) is 11.6 Å². The Labute approximate surface area is 181 Å². The van der Waals surface area contributed by atoms with Crippen LogP contribution in [0.15, 0.2) is 53.6 Å². The number of allylic oxidation sites excluding steroid dienone is 1. The van der Waals surface area contributed by atoms with Crippen molar-refractivity contribution < 1.29 is 27.2 Å². The number of anilines is 1. The van der Waals surface area contributed by atoms with Gasteiger partial charge in [0.25, 0.3) is 21.8 Å². The molecule has 0 saturated carbocycles. The van der Waals surface area contributed by atoms with Gasteiger partial charge in [-0.25, -0.2) is 12.8 Å². The van der Waals surface area contributed by atoms with E-state index in [1.807, 2.05) is 0 Å². The molecule has 2 aliphatic rings. The Kier molecular flexibility index (Phi) is 5.06. The van der Waals surface area contributed by atoms with Gasteiger partial charge in [0, 0.05) is 11.4 Å². The maximum atomic E-state index is 13.3. The van der Waals surface area contributed by atoms with Crippen LogP contribution in [0.3, 0.4) is 0 Å². The number of hydrogen-bond acceptors (Lipinski definition) is 5. The van der Waals surface area contributed by atoms with Crippen molar-refractivity contribution in [3.8, 4) is 0 Å². The molecular weight excluding hydrogens is 449 g/mol. The number of hydrogen-bond donors (Lipinski definition) is 2. The summed E-state index contributed by atoms with van der Waals surface area (Å²) in [5.74, 6) is -2.59. The Morgan fingerprint density at radius 3 is 2.48 bits per heavy atom. The van der Waals surface area contributed by atoms with E-state index in [0.29, 0.717) is 12.1 Å². The van der Waals surface area contributed by atoms with Crippen LogP contribution < -0.4 is 10.0 Å². The average Bonchev–Trinajstić information content (AvgIpc) is 2.94. The van der Waals surface area contributed by atoms with Gasteiger partial charge in [-0.15, -0.1) is 0 Å². The Bertz CT molecular complexity index is 1280. The lowest BCUT2D eigenvalue weighted by Gasteiger charge is -2.29. The molecule has 0 aliphatic carbocycles. The minimum absolute atomic E-state index is 0.0173. The van der Waals surface area contributed by atoms with Gasteiger partial charge < -0.3 is 5.32 Å². The van der Waals surface area contributed by atoms with Crippen LogP contribution in [-0.2, 0) is 14.8 Å². The summed E-state index contributed by atoms with van der Waals surface area (Å²) in [5, 5.41) is 2.18. The quantitative estimate of drug-likeness (QED) is 0.677. The van der Waals surface area contributed by atoms with E-state index >= 15 is 0 Å². The van der Waals surface area contributed by atoms with Crippen molar-refractivity contribution >= 4 is 45.0 Å². The molecule has 0 bridgehead atoms. The average molecular weight is 464 g/mol. The molecular formula is C20H15ClFN3O5S. The van der Waals surface area contributed by atoms with Crippen molar-refractivity contribution in [3.63, 3.8) is 0 Å². The molecule has 2 aromatic rings. The van der Waals surface area contributed by atoms with Crippen LogP contribution in [0.2, 0.25) is 5.02 Å². The zero-order valence-corrected chi connectivity index (χ0v) is 17.4. The summed E-state index contributed by atoms with van der Waals surface area (Å²) < 4.78 is 40.8. The molecule has 4 rings (SSSR count). The minimum Gasteiger partial charge on any atom is -0.329 e. The van der Waals surface area contributed by atoms with Gasteiger partial charge >= 0.3 is 0 Å². The van der Waals surface area contributed by atoms with Gasteiger partial charge in [-0.2, -0.15) is 0 Å². The summed E-state index contributed by atoms with van der Waals surface area (Å²) >= 11 is 5.65. The van der Waals surface area contributed by atoms with Crippen LogP contribution in [0.1, 0.15) is 33.6 Å². The maximum absolute atomic E-state index is 13.3. The molecule has 1 fully saturated rings. The third-order valence-corrected chi connectivity index (χ3v) is 6.67. The molecule has 2 aromatic carbocycles. The van der Waals surface area contributed by atoms with Gasteiger partial charge in [0.05, 0.1) is 21.0 Å². The lowest BCUT2D eigenvalue weighted by Crippen LogP contribution is -2.51. The van der Waals surface area contributed by atoms with Gasteiger partial charge in [-0.3, -0.25) is 24.0 Å². The second-order valence-corrected chi connectivity index (χ2v) is 9.16. The molecule has 0 spiro atoms. The predicted molar refractivity (Wildman–Crippen MR) is 109 cm³/mol. The van der Waals surface area contributed by atoms with Crippen LogP contribution in [-0.4, -0.2) is 37.1 Å². The van der Waals surface area contributed by atoms with Crippen molar-refractivity contribution in [2.45, 2.75) is 23.8 Å². The predicted octanol–water partition coefficient (Wildman–Crippen LogP) is 2.67. The summed E-state index contributed by atoms with van der Waals surface area (Å²) in [5.41, 5.74) is 0.564. The monoisotopic (exact) mass is 463 g/mol. The largest absolute Gasteiger partial charge is 0.329 e. The van der Waals surface area contributed by atoms with Gasteiger partial charge in [0.2, 0.25) is 5.91 Å². The highest BCUT2D eigenvalue weighted by molar-refractivity contribution is 7.92. The third-order valence-electron chi connectivity index (χ3n) is 5.01. The number of benzene rings is 2. The number of imide groups is 1. The SMILES string of the molecule is C=C1CCC(N2C(=O)c3ccc(NS(=O)(=O)c4ccc(F)c(Cl)c4)cc3C2=O)C(=O)N1. The summed E-state index contributed by atoms with van der Waals surface area (Å²) in [6.45, 7) is 3.67. The van der Waals surface area contributed by atoms with Crippen LogP contribution in [0.5, 0.6) is 0 Å². The molecule has 1 atom stereocenters. The van der Waals surface area contributed by atoms with Gasteiger partial charge in [-0.1, -0.05) is 18.2 Å². The standard InChI is InChI=1S/C20H15ClFN3O5S/c1-10-2-7-17(18(26)23-10)25-19(27)13-5-3-11(8-14(13)20(25)28)24-31(29,30)12-4-6-16(22)15(21)9-12/h3-6,8-9,17,24H,1-2,7H2,(H,23,26). The van der Waals surface area contributed by atoms with Crippen LogP contribution in [0.4, 0.5) is 10.1 Å². The van der Waals surface area contributed by atoms with E-state index in [0.717, 1.165) is 23.1 Å². The molecule has 8 nitrogen and oxygen atoms in total. The Hall–Kier alpha value is -3.24. The van der Waals surface area contributed by atoms with E-state index in [9.17, 15) is 27.2 Å². The van der Waals surface area contributed by atoms with Crippen molar-refractivity contribution in [3.05, 3.63) is 70.6 Å². The number of carbonyl (C=O) groups excluding carboxylic acids is 3. The van der Waals surface area contributed by atoms with Crippen LogP contribution >= 0.6 is 11.6 Å². The molecule has 2 aliphatic heterocycles. The summed E-state index contributed by atoms with van der Waals surface area (Å²) in [6, 6.07) is 5.80. The Morgan fingerprint density at radius 1 is 1.10 bits per heavy atom. The summed E-state index contributed by atoms with van der Waals surface area (Å²) in [7, 11) is -4.13. The number of carbonyl (C=O) groups is 3. The van der Waals surface area contributed by atoms with Crippen molar-refractivity contribution in [1.29, 1.82) is 0 Å². The smallest absolute Gasteiger partial charge is 0.262 e. The first-order valence-electron chi connectivity index (χ1n) is 9.07. The number of halogens is 2. The second kappa shape index (κ2) is 7.47. The number of piperidine rings is 1. The zero-order valence-electron chi connectivity index (χ0n) is 15.8. The normalized spacial score (nSPS) is 18.8. The highest BCUT2D eigenvalue weighted by Crippen LogP contribution is 2.31. The fourth-order valence-electron chi connectivity index (χ4n) is 3.47. The number of sulfonamides is 1. The first kappa shape index (κ1) is 21.0. The van der Waals surface area contributed by atoms with E-state index in [-0.39, 0.29) is 33.2 Å². The van der Waals surface area contributed by atoms with Crippen LogP contribution in [0.25, 0.3) is 0 Å². The first-order chi connectivity index (χ1) is 14.6. The Balaban J connectivity index is 1.62. The highest BCUT2D eigenvalue weighted by Gasteiger charge is 2.44. The number of nitrogens with zero attached hydrogens (tertiary/aromatic N) is 1. The maximum Gasteiger partial charge on any atom is 0.262 e. The van der Waals surface area contributed by atoms with E-state index in [2.05, 4.69) is 16.6 Å². The van der Waals surface area contributed by atoms with E-state index in [1.165, 1.54) is 18.2 Å². The van der Waals surface area contributed by atoms with E-state index in [1.54, 1.807) is 0 Å². The second-order valence-electron chi connectivity index (χ2n) is 7.07. The topological polar surface area (TPSA) is 113 Å². The molecule has 0 radical (unpaired) electrons. The zero-order chi connectivity index (χ0) is 22.5. The highest BCUT2D eigenvalue weighted by atomic mass is 35.5. The number of fused-ring (bicyclic) bond motifs is 1. The molecule has 2 N–H and O–H groups in total. The molecule has 1 saturated heterocycles. The fraction of sp³-hybridized carbons (Fsp3) is 0.150. The van der Waals surface area contributed by atoms with Crippen molar-refractivity contribution in [1.82, 2.24) is 10.2 Å². The first-order valence-corrected chi connectivity index (χ1v) is 10.9. The molecule has 2 heterocycles. The summed E-state index contributed by atoms with van der Waals surface area (Å²) in [4.78, 5) is 38.5. The third kappa shape index (κ3) is 3.68. The number of amides is 3. The molecule has 3 amide bonds. The number of rotatable bonds is 4. The van der Waals surface area contributed by atoms with Gasteiger partial charge in [0.15, 0.2) is 0 Å². The van der Waals surface area contributed by atoms with Gasteiger partial charge in [-0.05, 0) is 49.2 Å². The van der Waals surface area contributed by atoms with Gasteiger partial charge in [0.1, 0.15) is 11.9 Å². The lowest BCUT2D eigenvalue weighted by molar-refractivity contribution is -0.125. The van der Waals surface area contributed by atoms with Crippen LogP contribution in [0, 0.1) is 5.82 Å². The minimum atomic E-state index is -4.13. The van der Waals surface area contributed by atoms with Crippen molar-refractivity contribution in [2.75, 3.05) is 4.72 Å². The number of nitrogens with one attached hydrogen (secondary N) is 2. The van der Waals surface area contributed by atoms with E-state index < -0.39 is 39.6 Å². The molecule has 160 valence electrons. The Morgan fingerprint density at radius 2 is 1.81 bits per heavy atom. The fourth-order valence-corrected chi connectivity index (χ4v) is 4.79. The van der Waals surface area contributed by atoms with Crippen molar-refractivity contribution in [2.24, 2.45) is 0 Å². The molecule has 0 aromatic heterocycles. The summed E-state index contributed by atoms with van der Waals surface area (Å²) in [6.07, 6.45) is 0.677. The molecule has 31 heavy (non-hydrogen) atoms.